The molecule has 3 rings (SSSR count). The van der Waals surface area contributed by atoms with Crippen LogP contribution in [0.25, 0.3) is 10.2 Å². The molecule has 6 heteroatoms. The average molecular weight is 344 g/mol. The molecule has 23 heavy (non-hydrogen) atoms. The second-order valence-electron chi connectivity index (χ2n) is 5.43. The summed E-state index contributed by atoms with van der Waals surface area (Å²) in [5.41, 5.74) is 2.70. The minimum Gasteiger partial charge on any atom is -0.293 e. The quantitative estimate of drug-likeness (QED) is 0.412. The van der Waals surface area contributed by atoms with E-state index >= 15 is 0 Å². The van der Waals surface area contributed by atoms with Gasteiger partial charge >= 0.3 is 0 Å². The highest BCUT2D eigenvalue weighted by molar-refractivity contribution is 7.99. The zero-order valence-corrected chi connectivity index (χ0v) is 14.8. The highest BCUT2D eigenvalue weighted by atomic mass is 32.2. The van der Waals surface area contributed by atoms with Gasteiger partial charge in [-0.2, -0.15) is 0 Å². The molecule has 2 heterocycles. The summed E-state index contributed by atoms with van der Waals surface area (Å²) in [6.45, 7) is 3.91. The van der Waals surface area contributed by atoms with Crippen LogP contribution in [-0.2, 0) is 7.05 Å². The maximum atomic E-state index is 12.5. The first-order valence-electron chi connectivity index (χ1n) is 7.15. The standard InChI is InChI=1S/C17H16N2O2S2/c1-10-4-5-11(2)13(8-10)14(20)9-23-17-18-15-12(6-7-22-15)16(21)19(17)3/h4-8H,9H2,1-3H3. The Morgan fingerprint density at radius 2 is 2.09 bits per heavy atom. The number of thioether (sulfide) groups is 1. The average Bonchev–Trinajstić information content (AvgIpc) is 3.00. The minimum atomic E-state index is -0.0714. The number of hydrogen-bond donors (Lipinski definition) is 0. The molecule has 0 N–H and O–H groups in total. The number of carbonyl (C=O) groups excluding carboxylic acids is 1. The van der Waals surface area contributed by atoms with Crippen molar-refractivity contribution in [2.75, 3.05) is 5.75 Å². The van der Waals surface area contributed by atoms with E-state index in [0.29, 0.717) is 10.5 Å². The van der Waals surface area contributed by atoms with Crippen molar-refractivity contribution in [1.82, 2.24) is 9.55 Å². The Kier molecular flexibility index (Phi) is 4.37. The number of aryl methyl sites for hydroxylation is 2. The number of ketones is 1. The highest BCUT2D eigenvalue weighted by Crippen LogP contribution is 2.22. The van der Waals surface area contributed by atoms with Crippen LogP contribution in [0.1, 0.15) is 21.5 Å². The lowest BCUT2D eigenvalue weighted by Crippen LogP contribution is -2.19. The summed E-state index contributed by atoms with van der Waals surface area (Å²) in [4.78, 5) is 29.9. The fourth-order valence-electron chi connectivity index (χ4n) is 2.35. The smallest absolute Gasteiger partial charge is 0.262 e. The highest BCUT2D eigenvalue weighted by Gasteiger charge is 2.14. The molecular formula is C17H16N2O2S2. The van der Waals surface area contributed by atoms with Crippen molar-refractivity contribution >= 4 is 39.1 Å². The number of Topliss-reactive ketones (excluding diaryl/α,β-unsaturated/α-hetero) is 1. The van der Waals surface area contributed by atoms with Gasteiger partial charge in [-0.15, -0.1) is 11.3 Å². The summed E-state index contributed by atoms with van der Waals surface area (Å²) < 4.78 is 1.51. The van der Waals surface area contributed by atoms with Gasteiger partial charge in [-0.1, -0.05) is 29.5 Å². The van der Waals surface area contributed by atoms with Gasteiger partial charge in [0.25, 0.3) is 5.56 Å². The minimum absolute atomic E-state index is 0.0525. The lowest BCUT2D eigenvalue weighted by Gasteiger charge is -2.08. The Hall–Kier alpha value is -1.92. The van der Waals surface area contributed by atoms with Crippen LogP contribution in [0.4, 0.5) is 0 Å². The van der Waals surface area contributed by atoms with Crippen molar-refractivity contribution in [3.63, 3.8) is 0 Å². The van der Waals surface area contributed by atoms with Crippen LogP contribution < -0.4 is 5.56 Å². The molecule has 1 aromatic carbocycles. The Balaban J connectivity index is 1.86. The van der Waals surface area contributed by atoms with Gasteiger partial charge < -0.3 is 0 Å². The monoisotopic (exact) mass is 344 g/mol. The molecule has 0 unspecified atom stereocenters. The van der Waals surface area contributed by atoms with Crippen molar-refractivity contribution in [2.24, 2.45) is 7.05 Å². The fourth-order valence-corrected chi connectivity index (χ4v) is 4.01. The zero-order chi connectivity index (χ0) is 16.6. The molecule has 0 spiro atoms. The Morgan fingerprint density at radius 1 is 1.30 bits per heavy atom. The fraction of sp³-hybridized carbons (Fsp3) is 0.235. The van der Waals surface area contributed by atoms with Crippen molar-refractivity contribution in [3.05, 3.63) is 56.7 Å². The number of fused-ring (bicyclic) bond motifs is 1. The van der Waals surface area contributed by atoms with E-state index in [0.717, 1.165) is 21.5 Å². The topological polar surface area (TPSA) is 52.0 Å². The van der Waals surface area contributed by atoms with E-state index in [1.807, 2.05) is 37.4 Å². The molecule has 0 fully saturated rings. The summed E-state index contributed by atoms with van der Waals surface area (Å²) in [6, 6.07) is 7.65. The summed E-state index contributed by atoms with van der Waals surface area (Å²) in [7, 11) is 1.69. The van der Waals surface area contributed by atoms with E-state index in [1.54, 1.807) is 13.1 Å². The van der Waals surface area contributed by atoms with E-state index < -0.39 is 0 Å². The summed E-state index contributed by atoms with van der Waals surface area (Å²) in [5, 5.41) is 3.06. The van der Waals surface area contributed by atoms with Gasteiger partial charge in [0, 0.05) is 12.6 Å². The molecule has 118 valence electrons. The molecule has 4 nitrogen and oxygen atoms in total. The number of nitrogens with zero attached hydrogens (tertiary/aromatic N) is 2. The summed E-state index contributed by atoms with van der Waals surface area (Å²) in [5.74, 6) is 0.318. The van der Waals surface area contributed by atoms with E-state index in [-0.39, 0.29) is 17.1 Å². The maximum absolute atomic E-state index is 12.5. The van der Waals surface area contributed by atoms with Crippen molar-refractivity contribution in [2.45, 2.75) is 19.0 Å². The Bertz CT molecular complexity index is 957. The van der Waals surface area contributed by atoms with E-state index in [9.17, 15) is 9.59 Å². The van der Waals surface area contributed by atoms with Crippen LogP contribution in [-0.4, -0.2) is 21.1 Å². The third-order valence-electron chi connectivity index (χ3n) is 3.69. The summed E-state index contributed by atoms with van der Waals surface area (Å²) >= 11 is 2.74. The predicted octanol–water partition coefficient (Wildman–Crippen LogP) is 3.59. The van der Waals surface area contributed by atoms with Crippen LogP contribution >= 0.6 is 23.1 Å². The van der Waals surface area contributed by atoms with Gasteiger partial charge in [-0.05, 0) is 36.9 Å². The second kappa shape index (κ2) is 6.29. The molecule has 2 aromatic heterocycles. The van der Waals surface area contributed by atoms with E-state index in [2.05, 4.69) is 4.98 Å². The van der Waals surface area contributed by atoms with Gasteiger partial charge in [-0.3, -0.25) is 14.2 Å². The molecule has 0 bridgehead atoms. The van der Waals surface area contributed by atoms with Gasteiger partial charge in [0.1, 0.15) is 4.83 Å². The third-order valence-corrected chi connectivity index (χ3v) is 5.53. The second-order valence-corrected chi connectivity index (χ2v) is 7.27. The lowest BCUT2D eigenvalue weighted by atomic mass is 10.0. The number of rotatable bonds is 4. The van der Waals surface area contributed by atoms with Gasteiger partial charge in [0.2, 0.25) is 0 Å². The Labute approximate surface area is 142 Å². The molecule has 3 aromatic rings. The van der Waals surface area contributed by atoms with Crippen LogP contribution in [0.15, 0.2) is 39.6 Å². The zero-order valence-electron chi connectivity index (χ0n) is 13.1. The van der Waals surface area contributed by atoms with Crippen LogP contribution in [0.3, 0.4) is 0 Å². The molecule has 0 amide bonds. The van der Waals surface area contributed by atoms with Gasteiger partial charge in [0.05, 0.1) is 11.1 Å². The molecule has 0 aliphatic rings. The number of thiophene rings is 1. The van der Waals surface area contributed by atoms with Crippen molar-refractivity contribution < 1.29 is 4.79 Å². The summed E-state index contributed by atoms with van der Waals surface area (Å²) in [6.07, 6.45) is 0. The molecule has 0 radical (unpaired) electrons. The maximum Gasteiger partial charge on any atom is 0.262 e. The normalized spacial score (nSPS) is 11.1. The van der Waals surface area contributed by atoms with Gasteiger partial charge in [0.15, 0.2) is 10.9 Å². The first-order chi connectivity index (χ1) is 11.0. The van der Waals surface area contributed by atoms with Crippen LogP contribution in [0.2, 0.25) is 0 Å². The van der Waals surface area contributed by atoms with E-state index in [4.69, 9.17) is 0 Å². The predicted molar refractivity (Wildman–Crippen MR) is 95.8 cm³/mol. The molecular weight excluding hydrogens is 328 g/mol. The molecule has 0 saturated heterocycles. The van der Waals surface area contributed by atoms with Crippen molar-refractivity contribution in [1.29, 1.82) is 0 Å². The molecule has 0 atom stereocenters. The third kappa shape index (κ3) is 3.09. The van der Waals surface area contributed by atoms with Crippen LogP contribution in [0.5, 0.6) is 0 Å². The first-order valence-corrected chi connectivity index (χ1v) is 9.01. The largest absolute Gasteiger partial charge is 0.293 e. The number of aromatic nitrogens is 2. The molecule has 0 aliphatic heterocycles. The van der Waals surface area contributed by atoms with Crippen molar-refractivity contribution in [3.8, 4) is 0 Å². The van der Waals surface area contributed by atoms with E-state index in [1.165, 1.54) is 27.7 Å². The van der Waals surface area contributed by atoms with Gasteiger partial charge in [-0.25, -0.2) is 4.98 Å². The first kappa shape index (κ1) is 16.0. The Morgan fingerprint density at radius 3 is 2.87 bits per heavy atom. The molecule has 0 saturated carbocycles. The SMILES string of the molecule is Cc1ccc(C)c(C(=O)CSc2nc3sccc3c(=O)n2C)c1. The van der Waals surface area contributed by atoms with Crippen LogP contribution in [0, 0.1) is 13.8 Å². The molecule has 0 aliphatic carbocycles. The number of hydrogen-bond acceptors (Lipinski definition) is 5. The number of benzene rings is 1. The number of carbonyl (C=O) groups is 1. The lowest BCUT2D eigenvalue weighted by molar-refractivity contribution is 0.102.